The molecule has 2 aliphatic heterocycles. The maximum Gasteiger partial charge on any atom is 0.322 e. The summed E-state index contributed by atoms with van der Waals surface area (Å²) in [7, 11) is 0. The topological polar surface area (TPSA) is 32.3 Å². The van der Waals surface area contributed by atoms with Crippen LogP contribution in [-0.4, -0.2) is 34.5 Å². The molecule has 1 N–H and O–H groups in total. The Morgan fingerprint density at radius 1 is 1.25 bits per heavy atom. The number of amides is 2. The molecule has 2 amide bonds. The molecule has 2 bridgehead atoms. The summed E-state index contributed by atoms with van der Waals surface area (Å²) in [5, 5.41) is 4.39. The fourth-order valence-corrected chi connectivity index (χ4v) is 4.33. The number of carbonyl (C=O) groups is 1. The quantitative estimate of drug-likeness (QED) is 0.886. The Labute approximate surface area is 129 Å². The molecule has 1 aromatic rings. The Balaban J connectivity index is 1.67. The molecule has 2 aliphatic rings. The van der Waals surface area contributed by atoms with Crippen molar-refractivity contribution in [1.29, 1.82) is 0 Å². The molecule has 0 saturated carbocycles. The van der Waals surface area contributed by atoms with Gasteiger partial charge in [0.05, 0.1) is 0 Å². The fraction of sp³-hybridized carbons (Fsp3) is 0.533. The van der Waals surface area contributed by atoms with Gasteiger partial charge in [-0.3, -0.25) is 0 Å². The van der Waals surface area contributed by atoms with E-state index in [9.17, 15) is 4.79 Å². The number of benzene rings is 1. The predicted molar refractivity (Wildman–Crippen MR) is 85.7 cm³/mol. The van der Waals surface area contributed by atoms with Gasteiger partial charge in [-0.05, 0) is 56.2 Å². The lowest BCUT2D eigenvalue weighted by Gasteiger charge is -2.38. The van der Waals surface area contributed by atoms with E-state index < -0.39 is 0 Å². The van der Waals surface area contributed by atoms with Gasteiger partial charge in [0.15, 0.2) is 0 Å². The third-order valence-electron chi connectivity index (χ3n) is 4.35. The number of rotatable bonds is 2. The van der Waals surface area contributed by atoms with Crippen LogP contribution in [0.25, 0.3) is 0 Å². The first-order valence-corrected chi connectivity index (χ1v) is 8.71. The zero-order valence-electron chi connectivity index (χ0n) is 11.5. The van der Waals surface area contributed by atoms with Gasteiger partial charge in [-0.25, -0.2) is 4.79 Å². The number of urea groups is 1. The summed E-state index contributed by atoms with van der Waals surface area (Å²) in [6.07, 6.45) is 6.73. The summed E-state index contributed by atoms with van der Waals surface area (Å²) in [5.74, 6) is 0. The third kappa shape index (κ3) is 2.77. The zero-order chi connectivity index (χ0) is 14.1. The van der Waals surface area contributed by atoms with Gasteiger partial charge in [-0.1, -0.05) is 11.6 Å². The Morgan fingerprint density at radius 3 is 2.40 bits per heavy atom. The molecule has 2 fully saturated rings. The normalized spacial score (nSPS) is 28.5. The highest BCUT2D eigenvalue weighted by Gasteiger charge is 2.42. The smallest absolute Gasteiger partial charge is 0.318 e. The van der Waals surface area contributed by atoms with Crippen LogP contribution in [0.3, 0.4) is 0 Å². The Kier molecular flexibility index (Phi) is 4.13. The lowest BCUT2D eigenvalue weighted by atomic mass is 10.0. The SMILES string of the molecule is CSC1CC2CCC(C1)N2C(=O)Nc1ccc(Cl)cc1. The second kappa shape index (κ2) is 5.86. The molecule has 0 aromatic heterocycles. The molecule has 2 saturated heterocycles. The highest BCUT2D eigenvalue weighted by Crippen LogP contribution is 2.39. The van der Waals surface area contributed by atoms with Crippen molar-refractivity contribution in [2.24, 2.45) is 0 Å². The molecule has 1 aromatic carbocycles. The predicted octanol–water partition coefficient (Wildman–Crippen LogP) is 4.23. The first-order valence-electron chi connectivity index (χ1n) is 7.05. The molecule has 2 heterocycles. The monoisotopic (exact) mass is 310 g/mol. The number of hydrogen-bond acceptors (Lipinski definition) is 2. The van der Waals surface area contributed by atoms with Crippen molar-refractivity contribution in [1.82, 2.24) is 4.90 Å². The van der Waals surface area contributed by atoms with Gasteiger partial charge >= 0.3 is 6.03 Å². The second-order valence-corrected chi connectivity index (χ2v) is 7.13. The lowest BCUT2D eigenvalue weighted by molar-refractivity contribution is 0.161. The minimum atomic E-state index is 0.0411. The highest BCUT2D eigenvalue weighted by atomic mass is 35.5. The zero-order valence-corrected chi connectivity index (χ0v) is 13.1. The standard InChI is InChI=1S/C15H19ClN2OS/c1-20-14-8-12-6-7-13(9-14)18(12)15(19)17-11-4-2-10(16)3-5-11/h2-5,12-14H,6-9H2,1H3,(H,17,19). The molecular formula is C15H19ClN2OS. The number of thioether (sulfide) groups is 1. The van der Waals surface area contributed by atoms with Crippen LogP contribution < -0.4 is 5.32 Å². The number of nitrogens with one attached hydrogen (secondary N) is 1. The molecule has 0 spiro atoms. The van der Waals surface area contributed by atoms with Crippen LogP contribution in [0.4, 0.5) is 10.5 Å². The summed E-state index contributed by atoms with van der Waals surface area (Å²) in [4.78, 5) is 14.6. The van der Waals surface area contributed by atoms with Gasteiger partial charge in [0, 0.05) is 28.0 Å². The Hall–Kier alpha value is -0.870. The van der Waals surface area contributed by atoms with E-state index in [1.807, 2.05) is 23.9 Å². The maximum atomic E-state index is 12.5. The summed E-state index contributed by atoms with van der Waals surface area (Å²) in [6, 6.07) is 8.15. The van der Waals surface area contributed by atoms with E-state index in [1.165, 1.54) is 0 Å². The van der Waals surface area contributed by atoms with Crippen molar-refractivity contribution in [3.05, 3.63) is 29.3 Å². The number of nitrogens with zero attached hydrogens (tertiary/aromatic N) is 1. The molecule has 2 unspecified atom stereocenters. The first kappa shape index (κ1) is 14.1. The van der Waals surface area contributed by atoms with Crippen LogP contribution in [0, 0.1) is 0 Å². The molecule has 20 heavy (non-hydrogen) atoms. The Bertz CT molecular complexity index is 479. The summed E-state index contributed by atoms with van der Waals surface area (Å²) in [6.45, 7) is 0. The van der Waals surface area contributed by atoms with Gasteiger partial charge in [0.2, 0.25) is 0 Å². The van der Waals surface area contributed by atoms with Crippen molar-refractivity contribution in [2.75, 3.05) is 11.6 Å². The van der Waals surface area contributed by atoms with Crippen LogP contribution in [0.1, 0.15) is 25.7 Å². The summed E-state index contributed by atoms with van der Waals surface area (Å²) < 4.78 is 0. The molecule has 0 radical (unpaired) electrons. The van der Waals surface area contributed by atoms with E-state index in [2.05, 4.69) is 16.5 Å². The van der Waals surface area contributed by atoms with E-state index in [1.54, 1.807) is 12.1 Å². The summed E-state index contributed by atoms with van der Waals surface area (Å²) in [5.41, 5.74) is 0.811. The fourth-order valence-electron chi connectivity index (χ4n) is 3.37. The molecule has 5 heteroatoms. The first-order chi connectivity index (χ1) is 9.67. The number of fused-ring (bicyclic) bond motifs is 2. The average Bonchev–Trinajstić information content (AvgIpc) is 2.72. The minimum Gasteiger partial charge on any atom is -0.318 e. The largest absolute Gasteiger partial charge is 0.322 e. The van der Waals surface area contributed by atoms with Gasteiger partial charge in [0.25, 0.3) is 0 Å². The minimum absolute atomic E-state index is 0.0411. The van der Waals surface area contributed by atoms with Crippen LogP contribution in [0.2, 0.25) is 5.02 Å². The lowest BCUT2D eigenvalue weighted by Crippen LogP contribution is -2.49. The number of piperidine rings is 1. The van der Waals surface area contributed by atoms with Crippen molar-refractivity contribution in [3.8, 4) is 0 Å². The van der Waals surface area contributed by atoms with Crippen LogP contribution >= 0.6 is 23.4 Å². The van der Waals surface area contributed by atoms with Crippen LogP contribution in [0.5, 0.6) is 0 Å². The molecule has 2 atom stereocenters. The van der Waals surface area contributed by atoms with Crippen molar-refractivity contribution in [3.63, 3.8) is 0 Å². The number of hydrogen-bond donors (Lipinski definition) is 1. The molecule has 108 valence electrons. The second-order valence-electron chi connectivity index (χ2n) is 5.56. The van der Waals surface area contributed by atoms with Crippen molar-refractivity contribution in [2.45, 2.75) is 43.0 Å². The van der Waals surface area contributed by atoms with Crippen LogP contribution in [-0.2, 0) is 0 Å². The summed E-state index contributed by atoms with van der Waals surface area (Å²) >= 11 is 7.80. The van der Waals surface area contributed by atoms with Crippen molar-refractivity contribution >= 4 is 35.1 Å². The molecule has 0 aliphatic carbocycles. The van der Waals surface area contributed by atoms with Gasteiger partial charge in [-0.15, -0.1) is 0 Å². The van der Waals surface area contributed by atoms with E-state index in [0.29, 0.717) is 22.4 Å². The third-order valence-corrected chi connectivity index (χ3v) is 5.66. The van der Waals surface area contributed by atoms with Gasteiger partial charge in [-0.2, -0.15) is 11.8 Å². The average molecular weight is 311 g/mol. The van der Waals surface area contributed by atoms with E-state index in [-0.39, 0.29) is 6.03 Å². The Morgan fingerprint density at radius 2 is 1.85 bits per heavy atom. The number of anilines is 1. The number of carbonyl (C=O) groups excluding carboxylic acids is 1. The highest BCUT2D eigenvalue weighted by molar-refractivity contribution is 7.99. The van der Waals surface area contributed by atoms with E-state index in [0.717, 1.165) is 31.4 Å². The van der Waals surface area contributed by atoms with E-state index in [4.69, 9.17) is 11.6 Å². The maximum absolute atomic E-state index is 12.5. The van der Waals surface area contributed by atoms with E-state index >= 15 is 0 Å². The molecule has 3 rings (SSSR count). The molecular weight excluding hydrogens is 292 g/mol. The van der Waals surface area contributed by atoms with Crippen LogP contribution in [0.15, 0.2) is 24.3 Å². The van der Waals surface area contributed by atoms with Gasteiger partial charge < -0.3 is 10.2 Å². The number of halogens is 1. The van der Waals surface area contributed by atoms with Gasteiger partial charge in [0.1, 0.15) is 0 Å². The van der Waals surface area contributed by atoms with Crippen molar-refractivity contribution < 1.29 is 4.79 Å². The molecule has 3 nitrogen and oxygen atoms in total.